The Bertz CT molecular complexity index is 985. The van der Waals surface area contributed by atoms with Crippen LogP contribution in [-0.4, -0.2) is 74.4 Å². The van der Waals surface area contributed by atoms with Crippen molar-refractivity contribution in [1.29, 1.82) is 0 Å². The molecule has 2 saturated heterocycles. The number of carboxylic acids is 1. The van der Waals surface area contributed by atoms with Crippen molar-refractivity contribution in [3.8, 4) is 11.5 Å². The summed E-state index contributed by atoms with van der Waals surface area (Å²) in [5.41, 5.74) is 1.91. The molecule has 0 saturated carbocycles. The van der Waals surface area contributed by atoms with Gasteiger partial charge in [-0.3, -0.25) is 9.69 Å². The number of carboxylic acid groups (broad SMARTS) is 1. The van der Waals surface area contributed by atoms with E-state index in [1.165, 1.54) is 12.8 Å². The van der Waals surface area contributed by atoms with E-state index in [-0.39, 0.29) is 36.8 Å². The normalized spacial score (nSPS) is 18.5. The molecule has 204 valence electrons. The second-order valence-electron chi connectivity index (χ2n) is 9.25. The summed E-state index contributed by atoms with van der Waals surface area (Å²) in [4.78, 5) is 28.7. The molecule has 1 atom stereocenters. The third-order valence-electron chi connectivity index (χ3n) is 6.98. The predicted octanol–water partition coefficient (Wildman–Crippen LogP) is 3.65. The number of nitrogens with zero attached hydrogens (tertiary/aromatic N) is 2. The molecule has 0 unspecified atom stereocenters. The number of aliphatic carboxylic acids is 1. The van der Waals surface area contributed by atoms with Gasteiger partial charge in [0.15, 0.2) is 6.61 Å². The highest BCUT2D eigenvalue weighted by Gasteiger charge is 2.35. The molecule has 0 aromatic heterocycles. The number of ether oxygens (including phenoxy) is 2. The predicted molar refractivity (Wildman–Crippen MR) is 149 cm³/mol. The standard InChI is InChI=1S/C27H35N3O5.2ClH/c1-34-23-6-2-21(3-7-23)18-25-27(33)30(22-4-8-24(9-5-22)35-19-26(31)32)17-16-29(25)15-12-20-10-13-28-14-11-20;;/h2-9,20,25,28H,10-19H2,1H3,(H,31,32);2*1H/t25-;;/m0../s1. The van der Waals surface area contributed by atoms with E-state index in [0.29, 0.717) is 24.6 Å². The second kappa shape index (κ2) is 15.0. The fourth-order valence-electron chi connectivity index (χ4n) is 4.94. The maximum absolute atomic E-state index is 13.8. The van der Waals surface area contributed by atoms with Crippen LogP contribution in [0.1, 0.15) is 24.8 Å². The van der Waals surface area contributed by atoms with E-state index in [1.807, 2.05) is 41.3 Å². The second-order valence-corrected chi connectivity index (χ2v) is 9.25. The molecule has 1 amide bonds. The monoisotopic (exact) mass is 553 g/mol. The first-order valence-electron chi connectivity index (χ1n) is 12.4. The average Bonchev–Trinajstić information content (AvgIpc) is 2.89. The fourth-order valence-corrected chi connectivity index (χ4v) is 4.94. The highest BCUT2D eigenvalue weighted by atomic mass is 35.5. The van der Waals surface area contributed by atoms with Crippen molar-refractivity contribution in [3.63, 3.8) is 0 Å². The number of carbonyl (C=O) groups excluding carboxylic acids is 1. The Morgan fingerprint density at radius 2 is 1.65 bits per heavy atom. The molecule has 2 aromatic rings. The summed E-state index contributed by atoms with van der Waals surface area (Å²) in [6.07, 6.45) is 4.16. The first kappa shape index (κ1) is 30.7. The molecule has 2 fully saturated rings. The number of anilines is 1. The summed E-state index contributed by atoms with van der Waals surface area (Å²) in [6.45, 7) is 4.14. The fraction of sp³-hybridized carbons (Fsp3) is 0.481. The molecule has 2 aliphatic heterocycles. The minimum absolute atomic E-state index is 0. The van der Waals surface area contributed by atoms with Gasteiger partial charge in [-0.1, -0.05) is 12.1 Å². The van der Waals surface area contributed by atoms with Crippen LogP contribution in [0.15, 0.2) is 48.5 Å². The highest BCUT2D eigenvalue weighted by Crippen LogP contribution is 2.27. The number of methoxy groups -OCH3 is 1. The number of piperazine rings is 1. The van der Waals surface area contributed by atoms with Gasteiger partial charge >= 0.3 is 5.97 Å². The lowest BCUT2D eigenvalue weighted by Crippen LogP contribution is -2.58. The van der Waals surface area contributed by atoms with Crippen molar-refractivity contribution in [2.75, 3.05) is 51.3 Å². The topological polar surface area (TPSA) is 91.3 Å². The van der Waals surface area contributed by atoms with Gasteiger partial charge in [-0.15, -0.1) is 24.8 Å². The van der Waals surface area contributed by atoms with Gasteiger partial charge in [0, 0.05) is 18.8 Å². The first-order chi connectivity index (χ1) is 17.0. The number of carbonyl (C=O) groups is 2. The first-order valence-corrected chi connectivity index (χ1v) is 12.4. The lowest BCUT2D eigenvalue weighted by molar-refractivity contribution is -0.139. The van der Waals surface area contributed by atoms with Gasteiger partial charge in [0.1, 0.15) is 11.5 Å². The number of rotatable bonds is 10. The molecule has 0 aliphatic carbocycles. The molecule has 8 nitrogen and oxygen atoms in total. The number of hydrogen-bond acceptors (Lipinski definition) is 6. The largest absolute Gasteiger partial charge is 0.497 e. The van der Waals surface area contributed by atoms with Gasteiger partial charge in [0.2, 0.25) is 5.91 Å². The maximum Gasteiger partial charge on any atom is 0.341 e. The van der Waals surface area contributed by atoms with Crippen molar-refractivity contribution in [1.82, 2.24) is 10.2 Å². The maximum atomic E-state index is 13.8. The quantitative estimate of drug-likeness (QED) is 0.464. The summed E-state index contributed by atoms with van der Waals surface area (Å²) in [5, 5.41) is 12.2. The highest BCUT2D eigenvalue weighted by molar-refractivity contribution is 5.98. The van der Waals surface area contributed by atoms with Crippen LogP contribution in [0.2, 0.25) is 0 Å². The minimum atomic E-state index is -1.02. The summed E-state index contributed by atoms with van der Waals surface area (Å²) < 4.78 is 10.5. The van der Waals surface area contributed by atoms with Crippen LogP contribution >= 0.6 is 24.8 Å². The number of halogens is 2. The number of piperidine rings is 1. The lowest BCUT2D eigenvalue weighted by atomic mass is 9.93. The van der Waals surface area contributed by atoms with Crippen LogP contribution in [0.3, 0.4) is 0 Å². The Hall–Kier alpha value is -2.52. The third kappa shape index (κ3) is 8.50. The smallest absolute Gasteiger partial charge is 0.341 e. The van der Waals surface area contributed by atoms with Gasteiger partial charge in [-0.05, 0) is 93.2 Å². The van der Waals surface area contributed by atoms with Gasteiger partial charge in [0.05, 0.1) is 13.2 Å². The van der Waals surface area contributed by atoms with E-state index in [0.717, 1.165) is 49.6 Å². The Labute approximate surface area is 231 Å². The molecule has 2 aromatic carbocycles. The summed E-state index contributed by atoms with van der Waals surface area (Å²) >= 11 is 0. The molecular formula is C27H37Cl2N3O5. The van der Waals surface area contributed by atoms with Crippen molar-refractivity contribution in [2.24, 2.45) is 5.92 Å². The van der Waals surface area contributed by atoms with E-state index in [2.05, 4.69) is 10.2 Å². The van der Waals surface area contributed by atoms with Crippen molar-refractivity contribution in [3.05, 3.63) is 54.1 Å². The molecule has 2 N–H and O–H groups in total. The zero-order chi connectivity index (χ0) is 24.6. The number of amides is 1. The van der Waals surface area contributed by atoms with Gasteiger partial charge in [-0.25, -0.2) is 4.79 Å². The molecule has 0 bridgehead atoms. The summed E-state index contributed by atoms with van der Waals surface area (Å²) in [5.74, 6) is 1.06. The van der Waals surface area contributed by atoms with E-state index in [9.17, 15) is 9.59 Å². The number of hydrogen-bond donors (Lipinski definition) is 2. The van der Waals surface area contributed by atoms with E-state index < -0.39 is 12.6 Å². The minimum Gasteiger partial charge on any atom is -0.497 e. The molecular weight excluding hydrogens is 517 g/mol. The van der Waals surface area contributed by atoms with E-state index in [4.69, 9.17) is 14.6 Å². The zero-order valence-electron chi connectivity index (χ0n) is 21.1. The zero-order valence-corrected chi connectivity index (χ0v) is 22.8. The number of benzene rings is 2. The Morgan fingerprint density at radius 1 is 1.00 bits per heavy atom. The summed E-state index contributed by atoms with van der Waals surface area (Å²) in [6, 6.07) is 14.8. The van der Waals surface area contributed by atoms with Crippen LogP contribution in [-0.2, 0) is 16.0 Å². The van der Waals surface area contributed by atoms with Crippen LogP contribution in [0.25, 0.3) is 0 Å². The average molecular weight is 555 g/mol. The molecule has 10 heteroatoms. The van der Waals surface area contributed by atoms with Gasteiger partial charge in [-0.2, -0.15) is 0 Å². The van der Waals surface area contributed by atoms with Crippen LogP contribution < -0.4 is 19.7 Å². The number of nitrogens with one attached hydrogen (secondary N) is 1. The van der Waals surface area contributed by atoms with Gasteiger partial charge in [0.25, 0.3) is 0 Å². The van der Waals surface area contributed by atoms with E-state index in [1.54, 1.807) is 19.2 Å². The molecule has 2 heterocycles. The van der Waals surface area contributed by atoms with Crippen LogP contribution in [0.4, 0.5) is 5.69 Å². The SMILES string of the molecule is COc1ccc(C[C@H]2C(=O)N(c3ccc(OCC(=O)O)cc3)CCN2CCC2CCNCC2)cc1.Cl.Cl. The Morgan fingerprint density at radius 3 is 2.27 bits per heavy atom. The Balaban J connectivity index is 0.00000241. The lowest BCUT2D eigenvalue weighted by Gasteiger charge is -2.41. The molecule has 4 rings (SSSR count). The molecule has 37 heavy (non-hydrogen) atoms. The van der Waals surface area contributed by atoms with Crippen molar-refractivity contribution >= 4 is 42.4 Å². The Kier molecular flexibility index (Phi) is 12.5. The van der Waals surface area contributed by atoms with Crippen molar-refractivity contribution in [2.45, 2.75) is 31.7 Å². The molecule has 0 spiro atoms. The third-order valence-corrected chi connectivity index (χ3v) is 6.98. The van der Waals surface area contributed by atoms with E-state index >= 15 is 0 Å². The molecule has 0 radical (unpaired) electrons. The van der Waals surface area contributed by atoms with Crippen LogP contribution in [0, 0.1) is 5.92 Å². The van der Waals surface area contributed by atoms with Crippen LogP contribution in [0.5, 0.6) is 11.5 Å². The van der Waals surface area contributed by atoms with Gasteiger partial charge < -0.3 is 24.8 Å². The van der Waals surface area contributed by atoms with Crippen molar-refractivity contribution < 1.29 is 24.2 Å². The molecule has 2 aliphatic rings. The summed E-state index contributed by atoms with van der Waals surface area (Å²) in [7, 11) is 1.65.